The Labute approximate surface area is 187 Å². The minimum Gasteiger partial charge on any atom is -0.492 e. The van der Waals surface area contributed by atoms with Crippen LogP contribution in [-0.2, 0) is 16.1 Å². The van der Waals surface area contributed by atoms with Crippen LogP contribution >= 0.6 is 23.1 Å². The van der Waals surface area contributed by atoms with Crippen LogP contribution in [0.3, 0.4) is 0 Å². The highest BCUT2D eigenvalue weighted by Crippen LogP contribution is 2.29. The third-order valence-corrected chi connectivity index (χ3v) is 6.68. The zero-order valence-corrected chi connectivity index (χ0v) is 18.8. The number of carbonyl (C=O) groups excluding carboxylic acids is 1. The molecule has 2 N–H and O–H groups in total. The number of para-hydroxylation sites is 2. The van der Waals surface area contributed by atoms with Crippen LogP contribution in [0.1, 0.15) is 26.7 Å². The highest BCUT2D eigenvalue weighted by Gasteiger charge is 2.23. The number of carbonyl (C=O) groups is 2. The molecule has 1 atom stereocenters. The average molecular weight is 462 g/mol. The van der Waals surface area contributed by atoms with Gasteiger partial charge in [0.25, 0.3) is 5.56 Å². The lowest BCUT2D eigenvalue weighted by Gasteiger charge is -2.18. The molecular formula is C21H23N3O5S2. The van der Waals surface area contributed by atoms with Crippen molar-refractivity contribution in [3.8, 4) is 5.75 Å². The molecule has 164 valence electrons. The second-order valence-electron chi connectivity index (χ2n) is 6.56. The molecule has 8 nitrogen and oxygen atoms in total. The van der Waals surface area contributed by atoms with Crippen molar-refractivity contribution in [3.05, 3.63) is 46.1 Å². The number of aromatic nitrogens is 2. The number of ether oxygens (including phenoxy) is 1. The summed E-state index contributed by atoms with van der Waals surface area (Å²) < 4.78 is 7.38. The van der Waals surface area contributed by atoms with Gasteiger partial charge in [0.1, 0.15) is 10.4 Å². The number of carboxylic acid groups (broad SMARTS) is 1. The lowest BCUT2D eigenvalue weighted by Crippen LogP contribution is -2.28. The van der Waals surface area contributed by atoms with E-state index in [-0.39, 0.29) is 24.4 Å². The fourth-order valence-corrected chi connectivity index (χ4v) is 4.75. The number of fused-ring (bicyclic) bond motifs is 1. The van der Waals surface area contributed by atoms with E-state index in [1.165, 1.54) is 15.9 Å². The summed E-state index contributed by atoms with van der Waals surface area (Å²) in [6.07, 6.45) is 0.278. The summed E-state index contributed by atoms with van der Waals surface area (Å²) in [5, 5.41) is 13.5. The molecule has 10 heteroatoms. The number of nitrogens with zero attached hydrogens (tertiary/aromatic N) is 2. The summed E-state index contributed by atoms with van der Waals surface area (Å²) in [4.78, 5) is 41.5. The minimum absolute atomic E-state index is 0.0113. The van der Waals surface area contributed by atoms with Crippen molar-refractivity contribution in [2.45, 2.75) is 43.6 Å². The van der Waals surface area contributed by atoms with Crippen molar-refractivity contribution in [1.82, 2.24) is 9.55 Å². The van der Waals surface area contributed by atoms with E-state index in [0.29, 0.717) is 39.8 Å². The molecule has 31 heavy (non-hydrogen) atoms. The van der Waals surface area contributed by atoms with E-state index in [4.69, 9.17) is 9.84 Å². The number of hydrogen-bond acceptors (Lipinski definition) is 7. The van der Waals surface area contributed by atoms with Gasteiger partial charge in [-0.2, -0.15) is 0 Å². The number of carboxylic acids is 1. The van der Waals surface area contributed by atoms with Gasteiger partial charge in [-0.3, -0.25) is 19.0 Å². The highest BCUT2D eigenvalue weighted by molar-refractivity contribution is 8.00. The number of rotatable bonds is 10. The van der Waals surface area contributed by atoms with Crippen LogP contribution in [0.2, 0.25) is 0 Å². The molecule has 0 bridgehead atoms. The van der Waals surface area contributed by atoms with Crippen LogP contribution in [-0.4, -0.2) is 38.4 Å². The van der Waals surface area contributed by atoms with Crippen LogP contribution in [0.4, 0.5) is 5.69 Å². The Morgan fingerprint density at radius 1 is 1.29 bits per heavy atom. The lowest BCUT2D eigenvalue weighted by molar-refractivity contribution is -0.137. The van der Waals surface area contributed by atoms with Crippen LogP contribution in [0.5, 0.6) is 5.75 Å². The Balaban J connectivity index is 1.88. The monoisotopic (exact) mass is 461 g/mol. The van der Waals surface area contributed by atoms with Crippen LogP contribution in [0.15, 0.2) is 45.7 Å². The van der Waals surface area contributed by atoms with Crippen molar-refractivity contribution >= 4 is 50.9 Å². The first-order valence-electron chi connectivity index (χ1n) is 9.83. The molecule has 0 saturated heterocycles. The number of nitrogens with one attached hydrogen (secondary N) is 1. The Morgan fingerprint density at radius 3 is 2.77 bits per heavy atom. The first kappa shape index (κ1) is 22.8. The molecule has 1 amide bonds. The van der Waals surface area contributed by atoms with Crippen LogP contribution < -0.4 is 15.6 Å². The average Bonchev–Trinajstić information content (AvgIpc) is 3.21. The first-order chi connectivity index (χ1) is 14.9. The van der Waals surface area contributed by atoms with Gasteiger partial charge in [-0.1, -0.05) is 30.8 Å². The maximum absolute atomic E-state index is 13.0. The van der Waals surface area contributed by atoms with Gasteiger partial charge in [0, 0.05) is 6.54 Å². The molecule has 0 radical (unpaired) electrons. The topological polar surface area (TPSA) is 111 Å². The number of amides is 1. The summed E-state index contributed by atoms with van der Waals surface area (Å²) in [5.41, 5.74) is 0.819. The SMILES string of the molecule is CCOc1ccccc1NC(=O)[C@@H](CC)Sc1nc2ccsc2c(=O)n1CCC(=O)O. The van der Waals surface area contributed by atoms with E-state index < -0.39 is 11.2 Å². The van der Waals surface area contributed by atoms with Gasteiger partial charge >= 0.3 is 5.97 Å². The second-order valence-corrected chi connectivity index (χ2v) is 8.65. The maximum atomic E-state index is 13.0. The van der Waals surface area contributed by atoms with E-state index in [1.54, 1.807) is 23.6 Å². The summed E-state index contributed by atoms with van der Waals surface area (Å²) in [7, 11) is 0. The molecular weight excluding hydrogens is 438 g/mol. The van der Waals surface area contributed by atoms with E-state index in [2.05, 4.69) is 10.3 Å². The number of hydrogen-bond donors (Lipinski definition) is 2. The number of aliphatic carboxylic acids is 1. The molecule has 1 aromatic carbocycles. The first-order valence-corrected chi connectivity index (χ1v) is 11.6. The summed E-state index contributed by atoms with van der Waals surface area (Å²) in [6.45, 7) is 4.20. The van der Waals surface area contributed by atoms with Crippen molar-refractivity contribution in [1.29, 1.82) is 0 Å². The largest absolute Gasteiger partial charge is 0.492 e. The van der Waals surface area contributed by atoms with Crippen molar-refractivity contribution in [2.24, 2.45) is 0 Å². The van der Waals surface area contributed by atoms with Gasteiger partial charge in [-0.05, 0) is 36.9 Å². The molecule has 0 saturated carbocycles. The van der Waals surface area contributed by atoms with Gasteiger partial charge in [-0.25, -0.2) is 4.98 Å². The maximum Gasteiger partial charge on any atom is 0.305 e. The number of anilines is 1. The molecule has 0 fully saturated rings. The molecule has 2 aromatic heterocycles. The fourth-order valence-electron chi connectivity index (χ4n) is 2.93. The summed E-state index contributed by atoms with van der Waals surface area (Å²) in [5.74, 6) is -0.676. The molecule has 0 spiro atoms. The van der Waals surface area contributed by atoms with Crippen LogP contribution in [0, 0.1) is 0 Å². The third kappa shape index (κ3) is 5.45. The third-order valence-electron chi connectivity index (χ3n) is 4.44. The number of thiophene rings is 1. The molecule has 3 aromatic rings. The summed E-state index contributed by atoms with van der Waals surface area (Å²) >= 11 is 2.42. The molecule has 0 aliphatic carbocycles. The van der Waals surface area contributed by atoms with E-state index in [0.717, 1.165) is 11.8 Å². The van der Waals surface area contributed by atoms with E-state index >= 15 is 0 Å². The second kappa shape index (κ2) is 10.5. The quantitative estimate of drug-likeness (QED) is 0.349. The normalized spacial score (nSPS) is 11.9. The smallest absolute Gasteiger partial charge is 0.305 e. The van der Waals surface area contributed by atoms with Crippen molar-refractivity contribution in [2.75, 3.05) is 11.9 Å². The lowest BCUT2D eigenvalue weighted by atomic mass is 10.2. The fraction of sp³-hybridized carbons (Fsp3) is 0.333. The number of benzene rings is 1. The molecule has 3 rings (SSSR count). The Hall–Kier alpha value is -2.85. The van der Waals surface area contributed by atoms with Gasteiger partial charge < -0.3 is 15.2 Å². The van der Waals surface area contributed by atoms with Gasteiger partial charge in [0.05, 0.1) is 29.5 Å². The molecule has 0 unspecified atom stereocenters. The summed E-state index contributed by atoms with van der Waals surface area (Å²) in [6, 6.07) is 8.92. The zero-order chi connectivity index (χ0) is 22.4. The van der Waals surface area contributed by atoms with Gasteiger partial charge in [-0.15, -0.1) is 11.3 Å². The zero-order valence-electron chi connectivity index (χ0n) is 17.2. The predicted molar refractivity (Wildman–Crippen MR) is 122 cm³/mol. The van der Waals surface area contributed by atoms with Crippen molar-refractivity contribution < 1.29 is 19.4 Å². The minimum atomic E-state index is -1.01. The van der Waals surface area contributed by atoms with Crippen LogP contribution in [0.25, 0.3) is 10.2 Å². The van der Waals surface area contributed by atoms with Gasteiger partial charge in [0.15, 0.2) is 5.16 Å². The van der Waals surface area contributed by atoms with Gasteiger partial charge in [0.2, 0.25) is 5.91 Å². The standard InChI is InChI=1S/C21H23N3O5S2/c1-3-16(19(27)22-13-7-5-6-8-15(13)29-4-2)31-21-23-14-10-12-30-18(14)20(28)24(21)11-9-17(25)26/h5-8,10,12,16H,3-4,9,11H2,1-2H3,(H,22,27)(H,25,26)/t16-/m1/s1. The van der Waals surface area contributed by atoms with E-state index in [1.807, 2.05) is 26.0 Å². The molecule has 0 aliphatic rings. The predicted octanol–water partition coefficient (Wildman–Crippen LogP) is 3.84. The van der Waals surface area contributed by atoms with Crippen molar-refractivity contribution in [3.63, 3.8) is 0 Å². The molecule has 0 aliphatic heterocycles. The Bertz CT molecular complexity index is 1140. The Morgan fingerprint density at radius 2 is 2.06 bits per heavy atom. The van der Waals surface area contributed by atoms with E-state index in [9.17, 15) is 14.4 Å². The number of thioether (sulfide) groups is 1. The molecule has 2 heterocycles. The highest BCUT2D eigenvalue weighted by atomic mass is 32.2. The Kier molecular flexibility index (Phi) is 7.69.